The minimum Gasteiger partial charge on any atom is -0.459 e. The van der Waals surface area contributed by atoms with Crippen LogP contribution in [0.1, 0.15) is 40.0 Å². The second-order valence-corrected chi connectivity index (χ2v) is 10.7. The minimum atomic E-state index is -3.66. The molecular weight excluding hydrogens is 428 g/mol. The topological polar surface area (TPSA) is 161 Å². The summed E-state index contributed by atoms with van der Waals surface area (Å²) in [5.41, 5.74) is 3.88. The van der Waals surface area contributed by atoms with Crippen molar-refractivity contribution in [3.8, 4) is 0 Å². The van der Waals surface area contributed by atoms with Gasteiger partial charge in [0.05, 0.1) is 12.8 Å². The lowest BCUT2D eigenvalue weighted by atomic mass is 9.67. The summed E-state index contributed by atoms with van der Waals surface area (Å²) in [4.78, 5) is 26.9. The van der Waals surface area contributed by atoms with E-state index in [1.807, 2.05) is 0 Å². The molecule has 0 aliphatic carbocycles. The van der Waals surface area contributed by atoms with Gasteiger partial charge in [-0.25, -0.2) is 4.79 Å². The number of esters is 1. The molecule has 1 amide bonds. The number of piperidine rings is 1. The van der Waals surface area contributed by atoms with Crippen LogP contribution >= 0.6 is 0 Å². The van der Waals surface area contributed by atoms with Gasteiger partial charge in [0.1, 0.15) is 29.6 Å². The first-order chi connectivity index (χ1) is 14.2. The van der Waals surface area contributed by atoms with Gasteiger partial charge in [-0.05, 0) is 59.0 Å². The highest BCUT2D eigenvalue weighted by Gasteiger charge is 2.51. The number of carbonyl (C=O) groups excluding carboxylic acids is 2. The fourth-order valence-corrected chi connectivity index (χ4v) is 4.38. The van der Waals surface area contributed by atoms with E-state index in [2.05, 4.69) is 5.32 Å². The monoisotopic (exact) mass is 462 g/mol. The van der Waals surface area contributed by atoms with E-state index >= 15 is 0 Å². The van der Waals surface area contributed by atoms with E-state index in [0.29, 0.717) is 25.9 Å². The van der Waals surface area contributed by atoms with Crippen molar-refractivity contribution < 1.29 is 31.7 Å². The third kappa shape index (κ3) is 6.78. The quantitative estimate of drug-likeness (QED) is 0.191. The lowest BCUT2D eigenvalue weighted by molar-refractivity contribution is -0.167. The molecule has 2 atom stereocenters. The molecule has 12 heteroatoms. The van der Waals surface area contributed by atoms with E-state index in [1.54, 1.807) is 20.8 Å². The highest BCUT2D eigenvalue weighted by molar-refractivity contribution is 7.85. The number of carbonyl (C=O) groups is 2. The molecule has 0 bridgehead atoms. The van der Waals surface area contributed by atoms with Gasteiger partial charge in [0.15, 0.2) is 0 Å². The van der Waals surface area contributed by atoms with E-state index in [4.69, 9.17) is 24.8 Å². The van der Waals surface area contributed by atoms with Crippen molar-refractivity contribution >= 4 is 28.0 Å². The summed E-state index contributed by atoms with van der Waals surface area (Å²) in [6.07, 6.45) is 0.949. The number of hydrogen-bond donors (Lipinski definition) is 3. The van der Waals surface area contributed by atoms with Crippen molar-refractivity contribution in [2.75, 3.05) is 39.0 Å². The van der Waals surface area contributed by atoms with Crippen molar-refractivity contribution in [3.05, 3.63) is 0 Å². The summed E-state index contributed by atoms with van der Waals surface area (Å²) in [5.74, 6) is -1.05. The molecule has 0 spiro atoms. The molecule has 2 aliphatic heterocycles. The van der Waals surface area contributed by atoms with Gasteiger partial charge in [0.25, 0.3) is 10.1 Å². The van der Waals surface area contributed by atoms with Gasteiger partial charge in [0, 0.05) is 6.54 Å². The standard InChI is InChI=1S/C19H34N4O7S/c1-18(2,3)30-16(24)19(15(20)21,13-5-8-22-9-6-13)7-10-23-11-14(29-17(23)25)12-28-31(4,26)27/h13-14,22H,5-12H2,1-4H3,(H3,20,21). The fourth-order valence-electron chi connectivity index (χ4n) is 3.98. The highest BCUT2D eigenvalue weighted by Crippen LogP contribution is 2.40. The lowest BCUT2D eigenvalue weighted by Crippen LogP contribution is -2.55. The van der Waals surface area contributed by atoms with E-state index in [-0.39, 0.29) is 37.9 Å². The summed E-state index contributed by atoms with van der Waals surface area (Å²) >= 11 is 0. The predicted molar refractivity (Wildman–Crippen MR) is 113 cm³/mol. The Balaban J connectivity index is 2.18. The van der Waals surface area contributed by atoms with Crippen LogP contribution < -0.4 is 11.1 Å². The Hall–Kier alpha value is -1.92. The van der Waals surface area contributed by atoms with Crippen LogP contribution in [0.3, 0.4) is 0 Å². The summed E-state index contributed by atoms with van der Waals surface area (Å²) in [6, 6.07) is 0. The number of hydrogen-bond acceptors (Lipinski definition) is 9. The zero-order valence-corrected chi connectivity index (χ0v) is 19.4. The molecule has 2 rings (SSSR count). The second-order valence-electron chi connectivity index (χ2n) is 9.10. The molecule has 0 aromatic carbocycles. The van der Waals surface area contributed by atoms with Gasteiger partial charge >= 0.3 is 12.1 Å². The Morgan fingerprint density at radius 2 is 1.94 bits per heavy atom. The Bertz CT molecular complexity index is 790. The maximum absolute atomic E-state index is 13.3. The Kier molecular flexibility index (Phi) is 7.93. The van der Waals surface area contributed by atoms with Crippen molar-refractivity contribution in [2.45, 2.75) is 51.7 Å². The summed E-state index contributed by atoms with van der Waals surface area (Å²) in [5, 5.41) is 11.5. The molecule has 2 fully saturated rings. The Labute approximate surface area is 183 Å². The van der Waals surface area contributed by atoms with E-state index in [1.165, 1.54) is 4.90 Å². The number of cyclic esters (lactones) is 1. The number of amidine groups is 1. The third-order valence-electron chi connectivity index (χ3n) is 5.47. The van der Waals surface area contributed by atoms with E-state index < -0.39 is 39.3 Å². The van der Waals surface area contributed by atoms with Gasteiger partial charge < -0.3 is 25.4 Å². The van der Waals surface area contributed by atoms with Crippen LogP contribution in [0.4, 0.5) is 4.79 Å². The normalized spacial score (nSPS) is 22.6. The Morgan fingerprint density at radius 3 is 2.45 bits per heavy atom. The number of nitrogens with zero attached hydrogens (tertiary/aromatic N) is 1. The molecular formula is C19H34N4O7S. The Morgan fingerprint density at radius 1 is 1.32 bits per heavy atom. The van der Waals surface area contributed by atoms with Gasteiger partial charge in [0.2, 0.25) is 0 Å². The first kappa shape index (κ1) is 25.3. The second kappa shape index (κ2) is 9.70. The van der Waals surface area contributed by atoms with Crippen molar-refractivity contribution in [1.29, 1.82) is 5.41 Å². The van der Waals surface area contributed by atoms with Gasteiger partial charge in [-0.15, -0.1) is 0 Å². The zero-order chi connectivity index (χ0) is 23.4. The fraction of sp³-hybridized carbons (Fsp3) is 0.842. The number of nitrogens with one attached hydrogen (secondary N) is 2. The average molecular weight is 463 g/mol. The van der Waals surface area contributed by atoms with Gasteiger partial charge in [-0.3, -0.25) is 14.4 Å². The smallest absolute Gasteiger partial charge is 0.410 e. The summed E-state index contributed by atoms with van der Waals surface area (Å²) in [7, 11) is -3.66. The molecule has 31 heavy (non-hydrogen) atoms. The maximum atomic E-state index is 13.3. The van der Waals surface area contributed by atoms with Gasteiger partial charge in [-0.1, -0.05) is 0 Å². The third-order valence-corrected chi connectivity index (χ3v) is 6.04. The molecule has 0 saturated carbocycles. The van der Waals surface area contributed by atoms with Gasteiger partial charge in [-0.2, -0.15) is 8.42 Å². The first-order valence-electron chi connectivity index (χ1n) is 10.3. The van der Waals surface area contributed by atoms with E-state index in [0.717, 1.165) is 6.26 Å². The lowest BCUT2D eigenvalue weighted by Gasteiger charge is -2.41. The minimum absolute atomic E-state index is 0.108. The first-order valence-corrected chi connectivity index (χ1v) is 12.1. The number of amides is 1. The SMILES string of the molecule is CC(C)(C)OC(=O)C(CCN1CC(COS(C)(=O)=O)OC1=O)(C(=N)N)C1CCNCC1. The summed E-state index contributed by atoms with van der Waals surface area (Å²) < 4.78 is 37.9. The maximum Gasteiger partial charge on any atom is 0.410 e. The summed E-state index contributed by atoms with van der Waals surface area (Å²) in [6.45, 7) is 6.59. The van der Waals surface area contributed by atoms with Crippen molar-refractivity contribution in [1.82, 2.24) is 10.2 Å². The van der Waals surface area contributed by atoms with E-state index in [9.17, 15) is 18.0 Å². The molecule has 0 aromatic rings. The van der Waals surface area contributed by atoms with Crippen molar-refractivity contribution in [3.63, 3.8) is 0 Å². The zero-order valence-electron chi connectivity index (χ0n) is 18.6. The van der Waals surface area contributed by atoms with Crippen LogP contribution in [0.25, 0.3) is 0 Å². The van der Waals surface area contributed by atoms with Crippen LogP contribution in [0.2, 0.25) is 0 Å². The van der Waals surface area contributed by atoms with Crippen molar-refractivity contribution in [2.24, 2.45) is 17.1 Å². The van der Waals surface area contributed by atoms with Crippen LogP contribution in [-0.2, 0) is 28.6 Å². The molecule has 4 N–H and O–H groups in total. The molecule has 178 valence electrons. The van der Waals surface area contributed by atoms with Crippen LogP contribution in [0, 0.1) is 16.7 Å². The average Bonchev–Trinajstić information content (AvgIpc) is 2.99. The molecule has 11 nitrogen and oxygen atoms in total. The molecule has 2 aliphatic rings. The molecule has 0 radical (unpaired) electrons. The molecule has 2 saturated heterocycles. The predicted octanol–water partition coefficient (Wildman–Crippen LogP) is 0.437. The van der Waals surface area contributed by atoms with Crippen LogP contribution in [0.5, 0.6) is 0 Å². The largest absolute Gasteiger partial charge is 0.459 e. The molecule has 2 heterocycles. The molecule has 0 aromatic heterocycles. The van der Waals surface area contributed by atoms with Crippen LogP contribution in [-0.4, -0.2) is 82.0 Å². The molecule has 2 unspecified atom stereocenters. The number of ether oxygens (including phenoxy) is 2. The number of rotatable bonds is 9. The van der Waals surface area contributed by atoms with Crippen LogP contribution in [0.15, 0.2) is 0 Å². The number of nitrogens with two attached hydrogens (primary N) is 1. The highest BCUT2D eigenvalue weighted by atomic mass is 32.2.